The van der Waals surface area contributed by atoms with E-state index >= 15 is 0 Å². The van der Waals surface area contributed by atoms with Crippen LogP contribution in [0.1, 0.15) is 0 Å². The first-order valence-electron chi connectivity index (χ1n) is 3.74. The number of alkyl halides is 3. The molecular formula is C7H6F3N3OS. The quantitative estimate of drug-likeness (QED) is 0.597. The van der Waals surface area contributed by atoms with E-state index in [0.717, 1.165) is 0 Å². The summed E-state index contributed by atoms with van der Waals surface area (Å²) in [6, 6.07) is 1.24. The molecule has 0 radical (unpaired) electrons. The highest BCUT2D eigenvalue weighted by Crippen LogP contribution is 2.21. The van der Waals surface area contributed by atoms with Crippen LogP contribution in [-0.4, -0.2) is 27.7 Å². The van der Waals surface area contributed by atoms with Gasteiger partial charge in [-0.15, -0.1) is 5.10 Å². The Balaban J connectivity index is 2.71. The molecule has 0 aliphatic rings. The van der Waals surface area contributed by atoms with Gasteiger partial charge in [-0.1, -0.05) is 0 Å². The van der Waals surface area contributed by atoms with Crippen LogP contribution in [0.4, 0.5) is 19.0 Å². The first-order chi connectivity index (χ1) is 6.92. The molecule has 0 aromatic carbocycles. The van der Waals surface area contributed by atoms with Gasteiger partial charge >= 0.3 is 6.18 Å². The number of aromatic nitrogens is 2. The Morgan fingerprint density at radius 1 is 1.67 bits per heavy atom. The van der Waals surface area contributed by atoms with E-state index in [2.05, 4.69) is 32.2 Å². The van der Waals surface area contributed by atoms with Crippen molar-refractivity contribution in [2.75, 3.05) is 6.61 Å². The van der Waals surface area contributed by atoms with Crippen molar-refractivity contribution < 1.29 is 17.9 Å². The lowest BCUT2D eigenvalue weighted by molar-refractivity contribution is -0.154. The Morgan fingerprint density at radius 2 is 2.33 bits per heavy atom. The van der Waals surface area contributed by atoms with Crippen molar-refractivity contribution in [3.63, 3.8) is 0 Å². The van der Waals surface area contributed by atoms with Gasteiger partial charge in [0.25, 0.3) is 0 Å². The molecule has 0 N–H and O–H groups in total. The molecule has 0 fully saturated rings. The molecule has 15 heavy (non-hydrogen) atoms. The number of thiocarbonyl (C=S) groups is 1. The zero-order valence-corrected chi connectivity index (χ0v) is 8.39. The average molecular weight is 237 g/mol. The Labute approximate surface area is 88.4 Å². The molecule has 0 aliphatic heterocycles. The number of rotatable bonds is 3. The van der Waals surface area contributed by atoms with Crippen LogP contribution in [0.25, 0.3) is 0 Å². The molecular weight excluding hydrogens is 231 g/mol. The third-order valence-electron chi connectivity index (χ3n) is 1.38. The topological polar surface area (TPSA) is 39.4 Å². The van der Waals surface area contributed by atoms with Crippen LogP contribution in [0.5, 0.6) is 5.88 Å². The standard InChI is InChI=1S/C7H6F3N3OS/c1-13-5(11-4-15)2-6(12-13)14-3-7(8,9)10/h2H,3H2,1H3. The van der Waals surface area contributed by atoms with Crippen LogP contribution in [-0.2, 0) is 7.05 Å². The fourth-order valence-electron chi connectivity index (χ4n) is 0.810. The van der Waals surface area contributed by atoms with Gasteiger partial charge in [0.1, 0.15) is 0 Å². The summed E-state index contributed by atoms with van der Waals surface area (Å²) in [6.07, 6.45) is -4.38. The zero-order chi connectivity index (χ0) is 11.5. The van der Waals surface area contributed by atoms with Gasteiger partial charge in [0, 0.05) is 13.1 Å². The third kappa shape index (κ3) is 3.69. The Morgan fingerprint density at radius 3 is 2.87 bits per heavy atom. The number of halogens is 3. The molecule has 0 atom stereocenters. The lowest BCUT2D eigenvalue weighted by Crippen LogP contribution is -2.19. The fourth-order valence-corrected chi connectivity index (χ4v) is 0.903. The van der Waals surface area contributed by atoms with Gasteiger partial charge in [0.05, 0.1) is 5.16 Å². The second kappa shape index (κ2) is 4.41. The smallest absolute Gasteiger partial charge is 0.422 e. The van der Waals surface area contributed by atoms with Gasteiger partial charge in [-0.2, -0.15) is 18.2 Å². The lowest BCUT2D eigenvalue weighted by atomic mass is 10.6. The van der Waals surface area contributed by atoms with E-state index in [9.17, 15) is 13.2 Å². The minimum Gasteiger partial charge on any atom is -0.467 e. The van der Waals surface area contributed by atoms with Gasteiger partial charge in [-0.3, -0.25) is 0 Å². The Kier molecular flexibility index (Phi) is 3.43. The maximum Gasteiger partial charge on any atom is 0.422 e. The number of nitrogens with zero attached hydrogens (tertiary/aromatic N) is 3. The summed E-state index contributed by atoms with van der Waals surface area (Å²) in [6.45, 7) is -1.38. The molecule has 1 aromatic rings. The monoisotopic (exact) mass is 237 g/mol. The lowest BCUT2D eigenvalue weighted by Gasteiger charge is -2.05. The highest BCUT2D eigenvalue weighted by molar-refractivity contribution is 7.78. The molecule has 0 aliphatic carbocycles. The number of hydrogen-bond acceptors (Lipinski definition) is 4. The molecule has 82 valence electrons. The summed E-state index contributed by atoms with van der Waals surface area (Å²) in [7, 11) is 1.51. The van der Waals surface area contributed by atoms with Crippen LogP contribution >= 0.6 is 12.2 Å². The fraction of sp³-hybridized carbons (Fsp3) is 0.429. The number of isothiocyanates is 1. The van der Waals surface area contributed by atoms with E-state index in [-0.39, 0.29) is 11.7 Å². The molecule has 8 heteroatoms. The predicted molar refractivity (Wildman–Crippen MR) is 49.4 cm³/mol. The van der Waals surface area contributed by atoms with E-state index in [4.69, 9.17) is 0 Å². The van der Waals surface area contributed by atoms with Crippen LogP contribution in [0.15, 0.2) is 11.1 Å². The van der Waals surface area contributed by atoms with Crippen molar-refractivity contribution in [1.82, 2.24) is 9.78 Å². The maximum atomic E-state index is 11.8. The van der Waals surface area contributed by atoms with Crippen molar-refractivity contribution in [2.24, 2.45) is 12.0 Å². The van der Waals surface area contributed by atoms with E-state index in [1.807, 2.05) is 0 Å². The predicted octanol–water partition coefficient (Wildman–Crippen LogP) is 2.10. The molecule has 0 unspecified atom stereocenters. The molecule has 0 spiro atoms. The highest BCUT2D eigenvalue weighted by atomic mass is 32.1. The van der Waals surface area contributed by atoms with E-state index in [1.54, 1.807) is 0 Å². The van der Waals surface area contributed by atoms with Gasteiger partial charge in [0.15, 0.2) is 12.4 Å². The minimum atomic E-state index is -4.38. The summed E-state index contributed by atoms with van der Waals surface area (Å²) in [5.41, 5.74) is 0. The van der Waals surface area contributed by atoms with Crippen molar-refractivity contribution >= 4 is 23.2 Å². The molecule has 0 saturated heterocycles. The number of aryl methyl sites for hydroxylation is 1. The molecule has 4 nitrogen and oxygen atoms in total. The summed E-state index contributed by atoms with van der Waals surface area (Å²) < 4.78 is 41.0. The first kappa shape index (κ1) is 11.7. The van der Waals surface area contributed by atoms with E-state index in [0.29, 0.717) is 0 Å². The molecule has 0 bridgehead atoms. The van der Waals surface area contributed by atoms with Crippen molar-refractivity contribution in [3.05, 3.63) is 6.07 Å². The number of ether oxygens (including phenoxy) is 1. The summed E-state index contributed by atoms with van der Waals surface area (Å²) >= 11 is 4.35. The van der Waals surface area contributed by atoms with E-state index in [1.165, 1.54) is 17.8 Å². The Hall–Kier alpha value is -1.40. The maximum absolute atomic E-state index is 11.8. The van der Waals surface area contributed by atoms with Gasteiger partial charge < -0.3 is 4.74 Å². The largest absolute Gasteiger partial charge is 0.467 e. The van der Waals surface area contributed by atoms with E-state index < -0.39 is 12.8 Å². The normalized spacial score (nSPS) is 10.9. The summed E-state index contributed by atoms with van der Waals surface area (Å²) in [5, 5.41) is 5.73. The second-order valence-electron chi connectivity index (χ2n) is 2.57. The molecule has 1 rings (SSSR count). The first-order valence-corrected chi connectivity index (χ1v) is 4.14. The van der Waals surface area contributed by atoms with Crippen LogP contribution in [0, 0.1) is 0 Å². The molecule has 1 heterocycles. The molecule has 0 amide bonds. The molecule has 1 aromatic heterocycles. The van der Waals surface area contributed by atoms with Gasteiger partial charge in [-0.05, 0) is 12.2 Å². The van der Waals surface area contributed by atoms with Crippen LogP contribution < -0.4 is 4.74 Å². The van der Waals surface area contributed by atoms with Crippen molar-refractivity contribution in [3.8, 4) is 5.88 Å². The third-order valence-corrected chi connectivity index (χ3v) is 1.47. The SMILES string of the molecule is Cn1nc(OCC(F)(F)F)cc1N=C=S. The van der Waals surface area contributed by atoms with Crippen molar-refractivity contribution in [1.29, 1.82) is 0 Å². The van der Waals surface area contributed by atoms with Crippen molar-refractivity contribution in [2.45, 2.75) is 6.18 Å². The van der Waals surface area contributed by atoms with Crippen LogP contribution in [0.3, 0.4) is 0 Å². The summed E-state index contributed by atoms with van der Waals surface area (Å²) in [5.74, 6) is 0.126. The molecule has 0 saturated carbocycles. The van der Waals surface area contributed by atoms with Gasteiger partial charge in [-0.25, -0.2) is 4.68 Å². The summed E-state index contributed by atoms with van der Waals surface area (Å²) in [4.78, 5) is 3.58. The zero-order valence-electron chi connectivity index (χ0n) is 7.58. The number of aliphatic imine (C=N–C) groups is 1. The second-order valence-corrected chi connectivity index (χ2v) is 2.75. The number of hydrogen-bond donors (Lipinski definition) is 0. The minimum absolute atomic E-state index is 0.154. The Bertz CT molecular complexity index is 395. The average Bonchev–Trinajstić information content (AvgIpc) is 2.44. The van der Waals surface area contributed by atoms with Crippen LogP contribution in [0.2, 0.25) is 0 Å². The highest BCUT2D eigenvalue weighted by Gasteiger charge is 2.28. The van der Waals surface area contributed by atoms with Gasteiger partial charge in [0.2, 0.25) is 5.88 Å².